The fourth-order valence-electron chi connectivity index (χ4n) is 10.8. The van der Waals surface area contributed by atoms with Crippen LogP contribution in [-0.4, -0.2) is 5.54 Å². The quantitative estimate of drug-likeness (QED) is 0.437. The number of hydrogen-bond donors (Lipinski definition) is 1. The molecule has 182 valence electrons. The zero-order valence-electron chi connectivity index (χ0n) is 22.4. The van der Waals surface area contributed by atoms with Crippen molar-refractivity contribution in [2.24, 2.45) is 45.1 Å². The van der Waals surface area contributed by atoms with Gasteiger partial charge in [-0.25, -0.2) is 0 Å². The number of hydrogen-bond acceptors (Lipinski definition) is 1. The van der Waals surface area contributed by atoms with Gasteiger partial charge in [0.25, 0.3) is 0 Å². The minimum absolute atomic E-state index is 0.0544. The van der Waals surface area contributed by atoms with Gasteiger partial charge in [0.05, 0.1) is 0 Å². The lowest BCUT2D eigenvalue weighted by Gasteiger charge is -2.69. The SMILES string of the molecule is CCC1(CC)CCC[C@]2(C)C3CC[C@]4(C)[C@@H](C(C)=C5CC5)CCC[C@@]4(N)[C@@H]3CC[C@]2(C)C1. The van der Waals surface area contributed by atoms with Gasteiger partial charge in [0.1, 0.15) is 0 Å². The van der Waals surface area contributed by atoms with Crippen LogP contribution in [0.4, 0.5) is 0 Å². The molecule has 1 unspecified atom stereocenters. The van der Waals surface area contributed by atoms with Crippen molar-refractivity contribution in [3.05, 3.63) is 11.1 Å². The second-order valence-electron chi connectivity index (χ2n) is 14.2. The Bertz CT molecular complexity index is 769. The monoisotopic (exact) mass is 439 g/mol. The molecule has 0 aromatic rings. The van der Waals surface area contributed by atoms with Crippen molar-refractivity contribution in [2.45, 2.75) is 143 Å². The van der Waals surface area contributed by atoms with Crippen LogP contribution in [0.5, 0.6) is 0 Å². The van der Waals surface area contributed by atoms with E-state index < -0.39 is 0 Å². The van der Waals surface area contributed by atoms with Crippen molar-refractivity contribution in [1.29, 1.82) is 0 Å². The highest BCUT2D eigenvalue weighted by atomic mass is 14.9. The van der Waals surface area contributed by atoms with Gasteiger partial charge < -0.3 is 5.73 Å². The predicted octanol–water partition coefficient (Wildman–Crippen LogP) is 8.81. The van der Waals surface area contributed by atoms with Crippen LogP contribution < -0.4 is 5.73 Å². The van der Waals surface area contributed by atoms with Gasteiger partial charge in [-0.05, 0) is 117 Å². The molecule has 5 rings (SSSR count). The van der Waals surface area contributed by atoms with E-state index in [0.717, 1.165) is 17.8 Å². The number of rotatable bonds is 3. The first-order valence-corrected chi connectivity index (χ1v) is 14.6. The summed E-state index contributed by atoms with van der Waals surface area (Å²) in [6, 6.07) is 0. The first kappa shape index (κ1) is 23.4. The Balaban J connectivity index is 1.51. The highest BCUT2D eigenvalue weighted by Crippen LogP contribution is 2.72. The van der Waals surface area contributed by atoms with E-state index in [1.165, 1.54) is 96.3 Å². The molecule has 0 aromatic carbocycles. The number of nitrogens with two attached hydrogens (primary N) is 1. The van der Waals surface area contributed by atoms with E-state index in [1.54, 1.807) is 11.1 Å². The molecule has 0 saturated heterocycles. The summed E-state index contributed by atoms with van der Waals surface area (Å²) in [6.45, 7) is 15.5. The topological polar surface area (TPSA) is 26.0 Å². The molecule has 0 radical (unpaired) electrons. The van der Waals surface area contributed by atoms with Crippen molar-refractivity contribution < 1.29 is 0 Å². The van der Waals surface area contributed by atoms with Crippen molar-refractivity contribution in [3.8, 4) is 0 Å². The predicted molar refractivity (Wildman–Crippen MR) is 137 cm³/mol. The molecular weight excluding hydrogens is 386 g/mol. The highest BCUT2D eigenvalue weighted by molar-refractivity contribution is 5.31. The van der Waals surface area contributed by atoms with Crippen LogP contribution >= 0.6 is 0 Å². The lowest BCUT2D eigenvalue weighted by Crippen LogP contribution is -2.71. The van der Waals surface area contributed by atoms with Crippen LogP contribution in [0.1, 0.15) is 138 Å². The van der Waals surface area contributed by atoms with Crippen molar-refractivity contribution in [1.82, 2.24) is 0 Å². The second kappa shape index (κ2) is 7.60. The molecule has 5 aliphatic rings. The average Bonchev–Trinajstić information content (AvgIpc) is 3.61. The van der Waals surface area contributed by atoms with Gasteiger partial charge in [0.15, 0.2) is 0 Å². The minimum atomic E-state index is 0.0544. The summed E-state index contributed by atoms with van der Waals surface area (Å²) >= 11 is 0. The van der Waals surface area contributed by atoms with E-state index in [1.807, 2.05) is 0 Å². The smallest absolute Gasteiger partial charge is 0.0245 e. The molecule has 0 aromatic heterocycles. The van der Waals surface area contributed by atoms with E-state index in [4.69, 9.17) is 5.73 Å². The molecule has 5 saturated carbocycles. The highest BCUT2D eigenvalue weighted by Gasteiger charge is 2.67. The normalized spacial score (nSPS) is 50.0. The summed E-state index contributed by atoms with van der Waals surface area (Å²) in [7, 11) is 0. The molecule has 0 amide bonds. The molecule has 7 atom stereocenters. The molecule has 5 fully saturated rings. The molecule has 5 aliphatic carbocycles. The Morgan fingerprint density at radius 3 is 2.16 bits per heavy atom. The summed E-state index contributed by atoms with van der Waals surface area (Å²) in [5.74, 6) is 2.34. The maximum Gasteiger partial charge on any atom is 0.0245 e. The summed E-state index contributed by atoms with van der Waals surface area (Å²) in [4.78, 5) is 0. The third-order valence-corrected chi connectivity index (χ3v) is 13.5. The zero-order valence-corrected chi connectivity index (χ0v) is 22.4. The molecule has 2 N–H and O–H groups in total. The zero-order chi connectivity index (χ0) is 23.0. The summed E-state index contributed by atoms with van der Waals surface area (Å²) in [5, 5.41) is 0. The molecule has 0 bridgehead atoms. The third kappa shape index (κ3) is 3.04. The van der Waals surface area contributed by atoms with Gasteiger partial charge in [0, 0.05) is 5.54 Å². The second-order valence-corrected chi connectivity index (χ2v) is 14.2. The first-order valence-electron chi connectivity index (χ1n) is 14.6. The van der Waals surface area contributed by atoms with Crippen LogP contribution in [-0.2, 0) is 0 Å². The van der Waals surface area contributed by atoms with Gasteiger partial charge >= 0.3 is 0 Å². The molecule has 32 heavy (non-hydrogen) atoms. The van der Waals surface area contributed by atoms with Crippen LogP contribution in [0, 0.1) is 39.4 Å². The lowest BCUT2D eigenvalue weighted by molar-refractivity contribution is -0.172. The molecule has 0 heterocycles. The Labute approximate surface area is 199 Å². The van der Waals surface area contributed by atoms with Crippen LogP contribution in [0.25, 0.3) is 0 Å². The molecule has 1 nitrogen and oxygen atoms in total. The minimum Gasteiger partial charge on any atom is -0.324 e. The summed E-state index contributed by atoms with van der Waals surface area (Å²) < 4.78 is 0. The fraction of sp³-hybridized carbons (Fsp3) is 0.935. The van der Waals surface area contributed by atoms with Crippen molar-refractivity contribution >= 4 is 0 Å². The van der Waals surface area contributed by atoms with Crippen LogP contribution in [0.2, 0.25) is 0 Å². The fourth-order valence-corrected chi connectivity index (χ4v) is 10.8. The molecular formula is C31H53N. The van der Waals surface area contributed by atoms with Gasteiger partial charge in [-0.3, -0.25) is 0 Å². The Morgan fingerprint density at radius 1 is 0.812 bits per heavy atom. The van der Waals surface area contributed by atoms with Gasteiger partial charge in [0.2, 0.25) is 0 Å². The third-order valence-electron chi connectivity index (χ3n) is 13.5. The average molecular weight is 440 g/mol. The van der Waals surface area contributed by atoms with E-state index in [-0.39, 0.29) is 5.54 Å². The molecule has 0 spiro atoms. The lowest BCUT2D eigenvalue weighted by atomic mass is 9.37. The summed E-state index contributed by atoms with van der Waals surface area (Å²) in [6.07, 6.45) is 21.0. The van der Waals surface area contributed by atoms with Crippen LogP contribution in [0.3, 0.4) is 0 Å². The Morgan fingerprint density at radius 2 is 1.50 bits per heavy atom. The van der Waals surface area contributed by atoms with E-state index in [0.29, 0.717) is 21.7 Å². The first-order chi connectivity index (χ1) is 15.1. The van der Waals surface area contributed by atoms with Crippen LogP contribution in [0.15, 0.2) is 11.1 Å². The standard InChI is InChI=1S/C31H53N/c1-7-30(8-2)17-10-16-28(5)25-15-20-29(6)24(22(3)23-12-13-23)11-9-18-31(29,32)26(25)14-19-27(28,4)21-30/h24-26H,7-21,32H2,1-6H3/t24-,25?,26-,27-,28-,29-,31-/m1/s1. The molecule has 0 aliphatic heterocycles. The Hall–Kier alpha value is -0.300. The van der Waals surface area contributed by atoms with Crippen molar-refractivity contribution in [3.63, 3.8) is 0 Å². The summed E-state index contributed by atoms with van der Waals surface area (Å²) in [5.41, 5.74) is 13.2. The maximum absolute atomic E-state index is 7.75. The van der Waals surface area contributed by atoms with E-state index in [2.05, 4.69) is 41.5 Å². The number of fused-ring (bicyclic) bond motifs is 5. The maximum atomic E-state index is 7.75. The van der Waals surface area contributed by atoms with Gasteiger partial charge in [-0.15, -0.1) is 0 Å². The van der Waals surface area contributed by atoms with E-state index >= 15 is 0 Å². The Kier molecular flexibility index (Phi) is 5.57. The van der Waals surface area contributed by atoms with Crippen molar-refractivity contribution in [2.75, 3.05) is 0 Å². The van der Waals surface area contributed by atoms with Gasteiger partial charge in [-0.2, -0.15) is 0 Å². The number of allylic oxidation sites excluding steroid dienone is 2. The largest absolute Gasteiger partial charge is 0.324 e. The molecule has 1 heteroatoms. The van der Waals surface area contributed by atoms with E-state index in [9.17, 15) is 0 Å². The van der Waals surface area contributed by atoms with Gasteiger partial charge in [-0.1, -0.05) is 71.4 Å².